The summed E-state index contributed by atoms with van der Waals surface area (Å²) in [6, 6.07) is 0. The van der Waals surface area contributed by atoms with Gasteiger partial charge in [0, 0.05) is 0 Å². The first kappa shape index (κ1) is 9.01. The second kappa shape index (κ2) is 3.11. The molecule has 3 N–H and O–H groups in total. The molecule has 6 nitrogen and oxygen atoms in total. The molecule has 0 amide bonds. The van der Waals surface area contributed by atoms with Gasteiger partial charge in [0.25, 0.3) is 5.56 Å². The van der Waals surface area contributed by atoms with Crippen molar-refractivity contribution in [2.45, 2.75) is 0 Å². The normalized spacial score (nSPS) is 9.67. The van der Waals surface area contributed by atoms with Crippen molar-refractivity contribution in [3.8, 4) is 0 Å². The summed E-state index contributed by atoms with van der Waals surface area (Å²) < 4.78 is 0. The number of fused-ring (bicyclic) bond motifs is 1. The summed E-state index contributed by atoms with van der Waals surface area (Å²) in [5.41, 5.74) is -0.622. The van der Waals surface area contributed by atoms with Gasteiger partial charge in [0.2, 0.25) is 0 Å². The van der Waals surface area contributed by atoms with Crippen LogP contribution in [0.25, 0.3) is 11.0 Å². The molecule has 0 atom stereocenters. The number of nitrogens with zero attached hydrogens (tertiary/aromatic N) is 1. The van der Waals surface area contributed by atoms with Crippen molar-refractivity contribution in [1.29, 1.82) is 0 Å². The van der Waals surface area contributed by atoms with Crippen LogP contribution in [0.15, 0.2) is 15.8 Å². The van der Waals surface area contributed by atoms with E-state index in [0.717, 1.165) is 0 Å². The molecule has 0 saturated carbocycles. The number of H-pyrrole nitrogens is 3. The zero-order valence-electron chi connectivity index (χ0n) is 6.05. The number of hydrogen-bond donors (Lipinski definition) is 3. The molecule has 0 unspecified atom stereocenters. The van der Waals surface area contributed by atoms with Crippen LogP contribution in [0.1, 0.15) is 0 Å². The van der Waals surface area contributed by atoms with Crippen LogP contribution < -0.4 is 11.2 Å². The van der Waals surface area contributed by atoms with Gasteiger partial charge in [0.1, 0.15) is 11.0 Å². The molecule has 2 rings (SSSR count). The summed E-state index contributed by atoms with van der Waals surface area (Å²) in [5, 5.41) is 6.42. The summed E-state index contributed by atoms with van der Waals surface area (Å²) in [7, 11) is 0. The van der Waals surface area contributed by atoms with Gasteiger partial charge >= 0.3 is 28.7 Å². The van der Waals surface area contributed by atoms with Gasteiger partial charge in [0.05, 0.1) is 6.20 Å². The Bertz CT molecular complexity index is 496. The average molecular weight is 176 g/mol. The summed E-state index contributed by atoms with van der Waals surface area (Å²) in [4.78, 5) is 26.0. The van der Waals surface area contributed by atoms with Crippen molar-refractivity contribution in [2.75, 3.05) is 0 Å². The maximum atomic E-state index is 10.9. The summed E-state index contributed by atoms with van der Waals surface area (Å²) >= 11 is 0. The summed E-state index contributed by atoms with van der Waals surface area (Å²) in [6.45, 7) is 0. The minimum absolute atomic E-state index is 0. The summed E-state index contributed by atoms with van der Waals surface area (Å²) in [5.74, 6) is 0. The van der Waals surface area contributed by atoms with Crippen LogP contribution in [0.5, 0.6) is 0 Å². The fourth-order valence-electron chi connectivity index (χ4n) is 0.869. The van der Waals surface area contributed by atoms with Crippen molar-refractivity contribution in [1.82, 2.24) is 20.2 Å². The number of nitrogens with one attached hydrogen (secondary N) is 3. The number of aromatic nitrogens is 4. The Balaban J connectivity index is 0.000000720. The van der Waals surface area contributed by atoms with Gasteiger partial charge in [-0.05, 0) is 0 Å². The molecule has 0 radical (unpaired) electrons. The van der Waals surface area contributed by atoms with Crippen LogP contribution in [-0.4, -0.2) is 43.2 Å². The number of aromatic amines is 3. The topological polar surface area (TPSA) is 94.4 Å². The second-order valence-corrected chi connectivity index (χ2v) is 2.07. The third kappa shape index (κ3) is 1.28. The molecule has 2 aromatic rings. The van der Waals surface area contributed by atoms with E-state index in [1.54, 1.807) is 0 Å². The van der Waals surface area contributed by atoms with Crippen LogP contribution in [0, 0.1) is 0 Å². The van der Waals surface area contributed by atoms with Crippen molar-refractivity contribution in [3.63, 3.8) is 0 Å². The fourth-order valence-corrected chi connectivity index (χ4v) is 0.869. The molecule has 0 aliphatic carbocycles. The standard InChI is InChI=1S/C5H4N4O2.Mg/c10-4-2-1-6-9-3(2)7-5(11)8-4;/h1H,(H3,6,7,8,9,10,11);/q;+2. The van der Waals surface area contributed by atoms with Gasteiger partial charge in [-0.25, -0.2) is 4.79 Å². The van der Waals surface area contributed by atoms with Crippen LogP contribution in [0.4, 0.5) is 0 Å². The average Bonchev–Trinajstić information content (AvgIpc) is 2.34. The van der Waals surface area contributed by atoms with E-state index in [1.807, 2.05) is 0 Å². The predicted molar refractivity (Wildman–Crippen MR) is 43.1 cm³/mol. The molecule has 0 aliphatic heterocycles. The number of rotatable bonds is 0. The molecular formula is C5H4MgN4O2+2. The molecule has 2 aromatic heterocycles. The van der Waals surface area contributed by atoms with E-state index in [1.165, 1.54) is 6.20 Å². The van der Waals surface area contributed by atoms with Crippen molar-refractivity contribution < 1.29 is 0 Å². The van der Waals surface area contributed by atoms with E-state index in [2.05, 4.69) is 20.2 Å². The van der Waals surface area contributed by atoms with E-state index < -0.39 is 11.2 Å². The molecule has 0 saturated heterocycles. The predicted octanol–water partition coefficient (Wildman–Crippen LogP) is -1.44. The first-order valence-corrected chi connectivity index (χ1v) is 2.93. The Hall–Kier alpha value is -1.08. The van der Waals surface area contributed by atoms with Gasteiger partial charge in [-0.2, -0.15) is 5.10 Å². The van der Waals surface area contributed by atoms with Gasteiger partial charge < -0.3 is 0 Å². The van der Waals surface area contributed by atoms with E-state index in [4.69, 9.17) is 0 Å². The third-order valence-electron chi connectivity index (χ3n) is 1.35. The van der Waals surface area contributed by atoms with Crippen molar-refractivity contribution in [2.24, 2.45) is 0 Å². The smallest absolute Gasteiger partial charge is 0.292 e. The van der Waals surface area contributed by atoms with Crippen LogP contribution >= 0.6 is 0 Å². The molecule has 0 spiro atoms. The Morgan fingerprint density at radius 1 is 1.25 bits per heavy atom. The summed E-state index contributed by atoms with van der Waals surface area (Å²) in [6.07, 6.45) is 1.35. The largest absolute Gasteiger partial charge is 2.00 e. The third-order valence-corrected chi connectivity index (χ3v) is 1.35. The van der Waals surface area contributed by atoms with E-state index in [-0.39, 0.29) is 23.1 Å². The van der Waals surface area contributed by atoms with Crippen molar-refractivity contribution >= 4 is 34.1 Å². The monoisotopic (exact) mass is 176 g/mol. The van der Waals surface area contributed by atoms with Gasteiger partial charge in [-0.15, -0.1) is 0 Å². The van der Waals surface area contributed by atoms with Gasteiger partial charge in [-0.1, -0.05) is 0 Å². The SMILES string of the molecule is O=c1[nH]c(=O)c2cn[nH]c2[nH]1.[Mg+2]. The van der Waals surface area contributed by atoms with E-state index >= 15 is 0 Å². The molecule has 56 valence electrons. The van der Waals surface area contributed by atoms with Gasteiger partial charge in [-0.3, -0.25) is 19.9 Å². The Labute approximate surface area is 81.5 Å². The maximum absolute atomic E-state index is 10.9. The fraction of sp³-hybridized carbons (Fsp3) is 0. The molecule has 0 aromatic carbocycles. The van der Waals surface area contributed by atoms with Gasteiger partial charge in [0.15, 0.2) is 0 Å². The molecular weight excluding hydrogens is 172 g/mol. The van der Waals surface area contributed by atoms with E-state index in [0.29, 0.717) is 11.0 Å². The molecule has 0 bridgehead atoms. The molecule has 0 fully saturated rings. The minimum Gasteiger partial charge on any atom is -0.292 e. The minimum atomic E-state index is -0.535. The van der Waals surface area contributed by atoms with E-state index in [9.17, 15) is 9.59 Å². The van der Waals surface area contributed by atoms with Crippen LogP contribution in [0.2, 0.25) is 0 Å². The molecule has 12 heavy (non-hydrogen) atoms. The maximum Gasteiger partial charge on any atom is 2.00 e. The number of hydrogen-bond acceptors (Lipinski definition) is 3. The second-order valence-electron chi connectivity index (χ2n) is 2.07. The molecule has 0 aliphatic rings. The van der Waals surface area contributed by atoms with Crippen LogP contribution in [-0.2, 0) is 0 Å². The Morgan fingerprint density at radius 2 is 2.00 bits per heavy atom. The quantitative estimate of drug-likeness (QED) is 0.429. The first-order chi connectivity index (χ1) is 5.27. The molecule has 2 heterocycles. The Kier molecular flexibility index (Phi) is 2.34. The van der Waals surface area contributed by atoms with Crippen LogP contribution in [0.3, 0.4) is 0 Å². The zero-order chi connectivity index (χ0) is 7.84. The van der Waals surface area contributed by atoms with Crippen molar-refractivity contribution in [3.05, 3.63) is 27.0 Å². The molecule has 7 heteroatoms. The first-order valence-electron chi connectivity index (χ1n) is 2.93. The Morgan fingerprint density at radius 3 is 2.75 bits per heavy atom. The zero-order valence-corrected chi connectivity index (χ0v) is 7.46.